The third kappa shape index (κ3) is 5.87. The molecule has 2 amide bonds. The number of aromatic nitrogens is 3. The van der Waals surface area contributed by atoms with Gasteiger partial charge in [0.1, 0.15) is 17.4 Å². The average molecular weight is 528 g/mol. The Kier molecular flexibility index (Phi) is 7.24. The summed E-state index contributed by atoms with van der Waals surface area (Å²) in [6, 6.07) is 16.3. The molecule has 0 aliphatic carbocycles. The van der Waals surface area contributed by atoms with E-state index in [1.807, 2.05) is 71.7 Å². The molecule has 1 aliphatic rings. The van der Waals surface area contributed by atoms with E-state index < -0.39 is 17.7 Å². The van der Waals surface area contributed by atoms with E-state index in [1.54, 1.807) is 32.8 Å². The fourth-order valence-electron chi connectivity index (χ4n) is 4.83. The number of hydrogen-bond donors (Lipinski definition) is 1. The van der Waals surface area contributed by atoms with Gasteiger partial charge in [-0.25, -0.2) is 14.5 Å². The molecule has 1 atom stereocenters. The van der Waals surface area contributed by atoms with Crippen LogP contribution in [0.15, 0.2) is 67.0 Å². The van der Waals surface area contributed by atoms with Crippen LogP contribution in [0.3, 0.4) is 0 Å². The summed E-state index contributed by atoms with van der Waals surface area (Å²) in [5.74, 6) is 0.624. The van der Waals surface area contributed by atoms with Crippen molar-refractivity contribution >= 4 is 23.0 Å². The topological polar surface area (TPSA) is 98.6 Å². The number of ether oxygens (including phenoxy) is 2. The van der Waals surface area contributed by atoms with E-state index in [2.05, 4.69) is 10.4 Å². The van der Waals surface area contributed by atoms with Crippen LogP contribution >= 0.6 is 0 Å². The standard InChI is InChI=1S/C30H33N5O4/c1-30(2,3)39-29(37)33-26(21-8-6-5-7-9-21)28(36)34-15-14-24-22(19-34)16-31-27-25(24)17-32-35(27)18-20-10-12-23(38-4)13-11-20/h5-13,16-17,26H,14-15,18-19H2,1-4H3,(H,33,37). The van der Waals surface area contributed by atoms with Gasteiger partial charge >= 0.3 is 6.09 Å². The van der Waals surface area contributed by atoms with Crippen molar-refractivity contribution in [2.45, 2.75) is 51.9 Å². The predicted molar refractivity (Wildman–Crippen MR) is 147 cm³/mol. The third-order valence-corrected chi connectivity index (χ3v) is 6.70. The highest BCUT2D eigenvalue weighted by Crippen LogP contribution is 2.28. The first kappa shape index (κ1) is 26.2. The molecule has 9 heteroatoms. The Morgan fingerprint density at radius 1 is 1.05 bits per heavy atom. The first-order valence-electron chi connectivity index (χ1n) is 13.0. The summed E-state index contributed by atoms with van der Waals surface area (Å²) in [6.45, 7) is 6.90. The molecule has 4 aromatic rings. The van der Waals surface area contributed by atoms with Gasteiger partial charge in [0, 0.05) is 24.7 Å². The Labute approximate surface area is 227 Å². The van der Waals surface area contributed by atoms with Crippen LogP contribution in [0.4, 0.5) is 4.79 Å². The van der Waals surface area contributed by atoms with Crippen LogP contribution in [0.5, 0.6) is 5.75 Å². The molecule has 5 rings (SSSR count). The molecule has 0 spiro atoms. The molecule has 202 valence electrons. The molecule has 2 aromatic heterocycles. The van der Waals surface area contributed by atoms with Gasteiger partial charge in [-0.15, -0.1) is 0 Å². The van der Waals surface area contributed by atoms with E-state index in [0.29, 0.717) is 31.6 Å². The molecule has 1 N–H and O–H groups in total. The lowest BCUT2D eigenvalue weighted by Gasteiger charge is -2.32. The highest BCUT2D eigenvalue weighted by atomic mass is 16.6. The van der Waals surface area contributed by atoms with Crippen LogP contribution in [0, 0.1) is 0 Å². The minimum absolute atomic E-state index is 0.187. The number of nitrogens with one attached hydrogen (secondary N) is 1. The van der Waals surface area contributed by atoms with Gasteiger partial charge in [-0.3, -0.25) is 4.79 Å². The molecule has 0 bridgehead atoms. The molecule has 9 nitrogen and oxygen atoms in total. The molecule has 39 heavy (non-hydrogen) atoms. The summed E-state index contributed by atoms with van der Waals surface area (Å²) in [5.41, 5.74) is 4.08. The van der Waals surface area contributed by atoms with Gasteiger partial charge in [-0.05, 0) is 61.6 Å². The zero-order valence-electron chi connectivity index (χ0n) is 22.7. The number of alkyl carbamates (subject to hydrolysis) is 1. The normalized spacial score (nSPS) is 14.0. The van der Waals surface area contributed by atoms with Gasteiger partial charge in [-0.2, -0.15) is 5.10 Å². The summed E-state index contributed by atoms with van der Waals surface area (Å²) < 4.78 is 12.6. The molecular weight excluding hydrogens is 494 g/mol. The minimum atomic E-state index is -0.855. The molecule has 0 fully saturated rings. The molecule has 2 aromatic carbocycles. The van der Waals surface area contributed by atoms with Crippen molar-refractivity contribution in [2.75, 3.05) is 13.7 Å². The van der Waals surface area contributed by atoms with E-state index in [1.165, 1.54) is 0 Å². The van der Waals surface area contributed by atoms with Crippen molar-refractivity contribution in [1.82, 2.24) is 25.0 Å². The molecule has 3 heterocycles. The maximum Gasteiger partial charge on any atom is 0.408 e. The van der Waals surface area contributed by atoms with Crippen molar-refractivity contribution in [1.29, 1.82) is 0 Å². The molecule has 0 radical (unpaired) electrons. The van der Waals surface area contributed by atoms with Gasteiger partial charge in [-0.1, -0.05) is 42.5 Å². The van der Waals surface area contributed by atoms with Gasteiger partial charge in [0.25, 0.3) is 0 Å². The number of methoxy groups -OCH3 is 1. The fraction of sp³-hybridized carbons (Fsp3) is 0.333. The van der Waals surface area contributed by atoms with Crippen LogP contribution in [-0.4, -0.2) is 50.9 Å². The second kappa shape index (κ2) is 10.8. The smallest absolute Gasteiger partial charge is 0.408 e. The van der Waals surface area contributed by atoms with Gasteiger partial charge in [0.15, 0.2) is 5.65 Å². The lowest BCUT2D eigenvalue weighted by atomic mass is 9.97. The number of hydrogen-bond acceptors (Lipinski definition) is 6. The second-order valence-electron chi connectivity index (χ2n) is 10.6. The molecule has 0 saturated heterocycles. The van der Waals surface area contributed by atoms with E-state index >= 15 is 0 Å². The second-order valence-corrected chi connectivity index (χ2v) is 10.6. The Hall–Kier alpha value is -4.40. The summed E-state index contributed by atoms with van der Waals surface area (Å²) in [4.78, 5) is 32.8. The number of rotatable bonds is 6. The number of pyridine rings is 1. The van der Waals surface area contributed by atoms with Crippen molar-refractivity contribution in [3.8, 4) is 5.75 Å². The number of carbonyl (C=O) groups excluding carboxylic acids is 2. The van der Waals surface area contributed by atoms with Crippen molar-refractivity contribution in [2.24, 2.45) is 0 Å². The van der Waals surface area contributed by atoms with E-state index in [4.69, 9.17) is 14.5 Å². The van der Waals surface area contributed by atoms with E-state index in [0.717, 1.165) is 33.5 Å². The van der Waals surface area contributed by atoms with Crippen LogP contribution < -0.4 is 10.1 Å². The summed E-state index contributed by atoms with van der Waals surface area (Å²) >= 11 is 0. The minimum Gasteiger partial charge on any atom is -0.497 e. The fourth-order valence-corrected chi connectivity index (χ4v) is 4.83. The number of carbonyl (C=O) groups is 2. The monoisotopic (exact) mass is 527 g/mol. The zero-order valence-corrected chi connectivity index (χ0v) is 22.7. The molecule has 1 unspecified atom stereocenters. The summed E-state index contributed by atoms with van der Waals surface area (Å²) in [5, 5.41) is 8.39. The Balaban J connectivity index is 1.35. The van der Waals surface area contributed by atoms with Crippen LogP contribution in [0.2, 0.25) is 0 Å². The maximum atomic E-state index is 13.7. The van der Waals surface area contributed by atoms with Gasteiger partial charge in [0.2, 0.25) is 5.91 Å². The third-order valence-electron chi connectivity index (χ3n) is 6.70. The molecular formula is C30H33N5O4. The number of benzene rings is 2. The summed E-state index contributed by atoms with van der Waals surface area (Å²) in [7, 11) is 1.65. The van der Waals surface area contributed by atoms with Gasteiger partial charge in [0.05, 0.1) is 19.9 Å². The first-order chi connectivity index (χ1) is 18.7. The quantitative estimate of drug-likeness (QED) is 0.392. The van der Waals surface area contributed by atoms with Crippen LogP contribution in [-0.2, 0) is 29.0 Å². The molecule has 1 aliphatic heterocycles. The SMILES string of the molecule is COc1ccc(Cn2ncc3c4c(cnc32)CN(C(=O)C(NC(=O)OC(C)(C)C)c2ccccc2)CC4)cc1. The van der Waals surface area contributed by atoms with E-state index in [-0.39, 0.29) is 5.91 Å². The van der Waals surface area contributed by atoms with Crippen molar-refractivity contribution in [3.63, 3.8) is 0 Å². The summed E-state index contributed by atoms with van der Waals surface area (Å²) in [6.07, 6.45) is 3.73. The number of amides is 2. The van der Waals surface area contributed by atoms with Crippen LogP contribution in [0.1, 0.15) is 49.1 Å². The average Bonchev–Trinajstić information content (AvgIpc) is 3.34. The van der Waals surface area contributed by atoms with Crippen molar-refractivity contribution in [3.05, 3.63) is 89.2 Å². The maximum absolute atomic E-state index is 13.7. The van der Waals surface area contributed by atoms with Crippen molar-refractivity contribution < 1.29 is 19.1 Å². The number of nitrogens with zero attached hydrogens (tertiary/aromatic N) is 4. The predicted octanol–water partition coefficient (Wildman–Crippen LogP) is 4.64. The van der Waals surface area contributed by atoms with Gasteiger partial charge < -0.3 is 19.7 Å². The van der Waals surface area contributed by atoms with E-state index in [9.17, 15) is 9.59 Å². The Morgan fingerprint density at radius 2 is 1.79 bits per heavy atom. The lowest BCUT2D eigenvalue weighted by Crippen LogP contribution is -2.46. The lowest BCUT2D eigenvalue weighted by molar-refractivity contribution is -0.134. The highest BCUT2D eigenvalue weighted by Gasteiger charge is 2.32. The number of fused-ring (bicyclic) bond motifs is 3. The molecule has 0 saturated carbocycles. The highest BCUT2D eigenvalue weighted by molar-refractivity contribution is 5.88. The Bertz CT molecular complexity index is 1480. The Morgan fingerprint density at radius 3 is 2.49 bits per heavy atom. The first-order valence-corrected chi connectivity index (χ1v) is 13.0. The van der Waals surface area contributed by atoms with Crippen LogP contribution in [0.25, 0.3) is 11.0 Å². The zero-order chi connectivity index (χ0) is 27.6. The largest absolute Gasteiger partial charge is 0.497 e.